The molecule has 1 aliphatic rings. The summed E-state index contributed by atoms with van der Waals surface area (Å²) in [6, 6.07) is 5.63. The number of benzene rings is 1. The van der Waals surface area contributed by atoms with Gasteiger partial charge in [0.1, 0.15) is 11.5 Å². The first-order valence-electron chi connectivity index (χ1n) is 6.52. The summed E-state index contributed by atoms with van der Waals surface area (Å²) >= 11 is 0. The molecule has 1 atom stereocenters. The lowest BCUT2D eigenvalue weighted by Crippen LogP contribution is -2.40. The molecule has 1 saturated heterocycles. The summed E-state index contributed by atoms with van der Waals surface area (Å²) in [6.45, 7) is 4.22. The molecule has 1 heterocycles. The van der Waals surface area contributed by atoms with Gasteiger partial charge in [-0.2, -0.15) is 0 Å². The van der Waals surface area contributed by atoms with Gasteiger partial charge in [0.2, 0.25) is 0 Å². The van der Waals surface area contributed by atoms with E-state index < -0.39 is 0 Å². The van der Waals surface area contributed by atoms with Crippen molar-refractivity contribution in [3.63, 3.8) is 0 Å². The molecule has 0 aliphatic carbocycles. The second-order valence-corrected chi connectivity index (χ2v) is 4.63. The fraction of sp³-hybridized carbons (Fsp3) is 0.571. The van der Waals surface area contributed by atoms with Crippen molar-refractivity contribution >= 4 is 0 Å². The van der Waals surface area contributed by atoms with Crippen molar-refractivity contribution in [1.82, 2.24) is 4.90 Å². The zero-order chi connectivity index (χ0) is 13.7. The molecule has 5 nitrogen and oxygen atoms in total. The monoisotopic (exact) mass is 266 g/mol. The Bertz CT molecular complexity index is 406. The molecule has 106 valence electrons. The second-order valence-electron chi connectivity index (χ2n) is 4.63. The fourth-order valence-electron chi connectivity index (χ4n) is 2.29. The van der Waals surface area contributed by atoms with E-state index in [1.807, 2.05) is 18.2 Å². The zero-order valence-electron chi connectivity index (χ0n) is 11.6. The van der Waals surface area contributed by atoms with Crippen LogP contribution in [-0.4, -0.2) is 52.0 Å². The Labute approximate surface area is 114 Å². The molecule has 1 aromatic rings. The first-order chi connectivity index (χ1) is 9.24. The molecule has 1 aromatic carbocycles. The van der Waals surface area contributed by atoms with Crippen molar-refractivity contribution in [1.29, 1.82) is 0 Å². The van der Waals surface area contributed by atoms with E-state index in [1.165, 1.54) is 0 Å². The summed E-state index contributed by atoms with van der Waals surface area (Å²) in [5.41, 5.74) is 7.29. The smallest absolute Gasteiger partial charge is 0.123 e. The number of nitrogens with two attached hydrogens (primary N) is 1. The minimum absolute atomic E-state index is 0.0943. The molecular weight excluding hydrogens is 244 g/mol. The minimum atomic E-state index is -0.0943. The van der Waals surface area contributed by atoms with Crippen molar-refractivity contribution in [2.45, 2.75) is 6.04 Å². The summed E-state index contributed by atoms with van der Waals surface area (Å²) < 4.78 is 16.0. The van der Waals surface area contributed by atoms with Crippen molar-refractivity contribution in [2.24, 2.45) is 5.73 Å². The van der Waals surface area contributed by atoms with Gasteiger partial charge in [-0.25, -0.2) is 0 Å². The molecule has 0 bridgehead atoms. The van der Waals surface area contributed by atoms with Crippen LogP contribution in [0.4, 0.5) is 0 Å². The minimum Gasteiger partial charge on any atom is -0.497 e. The summed E-state index contributed by atoms with van der Waals surface area (Å²) in [5, 5.41) is 0. The standard InChI is InChI=1S/C14H22N2O3/c1-17-11-3-4-14(18-2)12(9-11)13(15)10-16-5-7-19-8-6-16/h3-4,9,13H,5-8,10,15H2,1-2H3. The van der Waals surface area contributed by atoms with Crippen LogP contribution in [0.25, 0.3) is 0 Å². The van der Waals surface area contributed by atoms with Gasteiger partial charge in [0.05, 0.1) is 27.4 Å². The molecular formula is C14H22N2O3. The van der Waals surface area contributed by atoms with E-state index >= 15 is 0 Å². The Morgan fingerprint density at radius 3 is 2.63 bits per heavy atom. The van der Waals surface area contributed by atoms with Crippen LogP contribution < -0.4 is 15.2 Å². The van der Waals surface area contributed by atoms with Crippen LogP contribution in [-0.2, 0) is 4.74 Å². The largest absolute Gasteiger partial charge is 0.497 e. The third kappa shape index (κ3) is 3.59. The van der Waals surface area contributed by atoms with Crippen LogP contribution in [0.1, 0.15) is 11.6 Å². The lowest BCUT2D eigenvalue weighted by atomic mass is 10.1. The summed E-state index contributed by atoms with van der Waals surface area (Å²) in [5.74, 6) is 1.61. The maximum Gasteiger partial charge on any atom is 0.123 e. The maximum absolute atomic E-state index is 6.31. The highest BCUT2D eigenvalue weighted by molar-refractivity contribution is 5.42. The van der Waals surface area contributed by atoms with Crippen LogP contribution >= 0.6 is 0 Å². The zero-order valence-corrected chi connectivity index (χ0v) is 11.6. The quantitative estimate of drug-likeness (QED) is 0.863. The van der Waals surface area contributed by atoms with Crippen LogP contribution in [0.2, 0.25) is 0 Å². The van der Waals surface area contributed by atoms with Gasteiger partial charge >= 0.3 is 0 Å². The molecule has 0 amide bonds. The highest BCUT2D eigenvalue weighted by Crippen LogP contribution is 2.28. The first kappa shape index (κ1) is 14.1. The average Bonchev–Trinajstić information content (AvgIpc) is 2.47. The lowest BCUT2D eigenvalue weighted by Gasteiger charge is -2.29. The van der Waals surface area contributed by atoms with Crippen LogP contribution in [0.5, 0.6) is 11.5 Å². The fourth-order valence-corrected chi connectivity index (χ4v) is 2.29. The lowest BCUT2D eigenvalue weighted by molar-refractivity contribution is 0.0351. The highest BCUT2D eigenvalue weighted by Gasteiger charge is 2.18. The molecule has 1 unspecified atom stereocenters. The molecule has 2 N–H and O–H groups in total. The van der Waals surface area contributed by atoms with E-state index in [9.17, 15) is 0 Å². The third-order valence-corrected chi connectivity index (χ3v) is 3.39. The molecule has 0 spiro atoms. The Morgan fingerprint density at radius 2 is 2.00 bits per heavy atom. The number of ether oxygens (including phenoxy) is 3. The number of hydrogen-bond donors (Lipinski definition) is 1. The summed E-state index contributed by atoms with van der Waals surface area (Å²) in [6.07, 6.45) is 0. The number of hydrogen-bond acceptors (Lipinski definition) is 5. The number of nitrogens with zero attached hydrogens (tertiary/aromatic N) is 1. The van der Waals surface area contributed by atoms with Crippen molar-refractivity contribution in [3.05, 3.63) is 23.8 Å². The first-order valence-corrected chi connectivity index (χ1v) is 6.52. The van der Waals surface area contributed by atoms with E-state index in [1.54, 1.807) is 14.2 Å². The number of methoxy groups -OCH3 is 2. The Balaban J connectivity index is 2.09. The van der Waals surface area contributed by atoms with Gasteiger partial charge in [-0.1, -0.05) is 0 Å². The second kappa shape index (κ2) is 6.75. The molecule has 2 rings (SSSR count). The Hall–Kier alpha value is -1.30. The van der Waals surface area contributed by atoms with Crippen molar-refractivity contribution < 1.29 is 14.2 Å². The summed E-state index contributed by atoms with van der Waals surface area (Å²) in [7, 11) is 3.31. The average molecular weight is 266 g/mol. The molecule has 0 saturated carbocycles. The molecule has 1 fully saturated rings. The van der Waals surface area contributed by atoms with Gasteiger partial charge in [0.15, 0.2) is 0 Å². The SMILES string of the molecule is COc1ccc(OC)c(C(N)CN2CCOCC2)c1. The van der Waals surface area contributed by atoms with Crippen LogP contribution in [0.3, 0.4) is 0 Å². The molecule has 5 heteroatoms. The van der Waals surface area contributed by atoms with Gasteiger partial charge < -0.3 is 19.9 Å². The highest BCUT2D eigenvalue weighted by atomic mass is 16.5. The third-order valence-electron chi connectivity index (χ3n) is 3.39. The van der Waals surface area contributed by atoms with Gasteiger partial charge in [-0.3, -0.25) is 4.90 Å². The normalized spacial score (nSPS) is 18.1. The number of rotatable bonds is 5. The van der Waals surface area contributed by atoms with Crippen molar-refractivity contribution in [2.75, 3.05) is 47.1 Å². The van der Waals surface area contributed by atoms with Gasteiger partial charge in [0.25, 0.3) is 0 Å². The van der Waals surface area contributed by atoms with E-state index in [0.717, 1.165) is 49.9 Å². The van der Waals surface area contributed by atoms with Crippen LogP contribution in [0, 0.1) is 0 Å². The molecule has 19 heavy (non-hydrogen) atoms. The number of morpholine rings is 1. The van der Waals surface area contributed by atoms with Crippen molar-refractivity contribution in [3.8, 4) is 11.5 Å². The van der Waals surface area contributed by atoms with Gasteiger partial charge in [0, 0.05) is 31.2 Å². The molecule has 0 aromatic heterocycles. The van der Waals surface area contributed by atoms with Crippen LogP contribution in [0.15, 0.2) is 18.2 Å². The Kier molecular flexibility index (Phi) is 5.01. The maximum atomic E-state index is 6.31. The molecule has 0 radical (unpaired) electrons. The predicted molar refractivity (Wildman–Crippen MR) is 73.7 cm³/mol. The van der Waals surface area contributed by atoms with E-state index in [-0.39, 0.29) is 6.04 Å². The van der Waals surface area contributed by atoms with E-state index in [2.05, 4.69) is 4.90 Å². The topological polar surface area (TPSA) is 57.0 Å². The predicted octanol–water partition coefficient (Wildman–Crippen LogP) is 1.04. The van der Waals surface area contributed by atoms with E-state index in [4.69, 9.17) is 19.9 Å². The molecule has 1 aliphatic heterocycles. The van der Waals surface area contributed by atoms with Gasteiger partial charge in [-0.15, -0.1) is 0 Å². The van der Waals surface area contributed by atoms with E-state index in [0.29, 0.717) is 0 Å². The Morgan fingerprint density at radius 1 is 1.26 bits per heavy atom. The summed E-state index contributed by atoms with van der Waals surface area (Å²) in [4.78, 5) is 2.31. The van der Waals surface area contributed by atoms with Gasteiger partial charge in [-0.05, 0) is 18.2 Å².